The van der Waals surface area contributed by atoms with Gasteiger partial charge in [-0.3, -0.25) is 19.2 Å². The molecule has 1 fully saturated rings. The predicted octanol–water partition coefficient (Wildman–Crippen LogP) is 1.58. The molecular weight excluding hydrogens is 452 g/mol. The number of rotatable bonds is 14. The number of alkyl carbamates (subject to hydrolysis) is 1. The summed E-state index contributed by atoms with van der Waals surface area (Å²) >= 11 is 0. The Bertz CT molecular complexity index is 885. The van der Waals surface area contributed by atoms with Crippen LogP contribution in [0.2, 0.25) is 0 Å². The van der Waals surface area contributed by atoms with Crippen molar-refractivity contribution in [2.45, 2.75) is 77.6 Å². The molecule has 1 aromatic rings. The molecule has 1 aromatic carbocycles. The maximum absolute atomic E-state index is 12.9. The van der Waals surface area contributed by atoms with E-state index in [0.717, 1.165) is 18.4 Å². The van der Waals surface area contributed by atoms with Crippen LogP contribution in [0.3, 0.4) is 0 Å². The minimum atomic E-state index is -0.969. The van der Waals surface area contributed by atoms with Crippen LogP contribution < -0.4 is 21.3 Å². The number of Topliss-reactive ketones (excluding diaryl/α,β-unsaturated/α-hetero) is 1. The van der Waals surface area contributed by atoms with Gasteiger partial charge in [-0.05, 0) is 37.2 Å². The number of hydrogen-bond donors (Lipinski definition) is 4. The standard InChI is InChI=1S/C25H36N4O6/c1-4-8-19(22(31)24(33)27-18-11-12-18)29-23(32)20(13-16(2)3)28-21(30)14-26-25(34)35-15-17-9-6-5-7-10-17/h5-7,9-10,16,18-20H,4,8,11-15H2,1-3H3,(H,26,34)(H,27,33)(H,28,30)(H,29,32)/t19-,20-/m0/s1. The topological polar surface area (TPSA) is 143 Å². The predicted molar refractivity (Wildman–Crippen MR) is 129 cm³/mol. The second-order valence-corrected chi connectivity index (χ2v) is 9.13. The van der Waals surface area contributed by atoms with E-state index in [0.29, 0.717) is 19.3 Å². The zero-order valence-electron chi connectivity index (χ0n) is 20.6. The van der Waals surface area contributed by atoms with Crippen LogP contribution in [0.15, 0.2) is 30.3 Å². The largest absolute Gasteiger partial charge is 0.445 e. The molecule has 10 heteroatoms. The van der Waals surface area contributed by atoms with Crippen molar-refractivity contribution in [3.05, 3.63) is 35.9 Å². The van der Waals surface area contributed by atoms with Crippen molar-refractivity contribution in [2.75, 3.05) is 6.54 Å². The SMILES string of the molecule is CCC[C@H](NC(=O)[C@H](CC(C)C)NC(=O)CNC(=O)OCc1ccccc1)C(=O)C(=O)NC1CC1. The third kappa shape index (κ3) is 10.6. The molecule has 192 valence electrons. The molecule has 0 aromatic heterocycles. The number of amides is 4. The van der Waals surface area contributed by atoms with Gasteiger partial charge in [0.1, 0.15) is 19.2 Å². The monoisotopic (exact) mass is 488 g/mol. The lowest BCUT2D eigenvalue weighted by atomic mass is 10.0. The van der Waals surface area contributed by atoms with Crippen molar-refractivity contribution in [3.8, 4) is 0 Å². The van der Waals surface area contributed by atoms with Crippen LogP contribution in [0, 0.1) is 5.92 Å². The fourth-order valence-corrected chi connectivity index (χ4v) is 3.35. The highest BCUT2D eigenvalue weighted by Crippen LogP contribution is 2.18. The smallest absolute Gasteiger partial charge is 0.407 e. The second kappa shape index (κ2) is 14.1. The highest BCUT2D eigenvalue weighted by molar-refractivity contribution is 6.38. The Labute approximate surface area is 205 Å². The summed E-state index contributed by atoms with van der Waals surface area (Å²) in [5.74, 6) is -2.45. The third-order valence-corrected chi connectivity index (χ3v) is 5.31. The highest BCUT2D eigenvalue weighted by atomic mass is 16.5. The van der Waals surface area contributed by atoms with E-state index in [2.05, 4.69) is 21.3 Å². The summed E-state index contributed by atoms with van der Waals surface area (Å²) < 4.78 is 5.07. The Morgan fingerprint density at radius 2 is 1.69 bits per heavy atom. The molecule has 0 bridgehead atoms. The number of benzene rings is 1. The molecule has 0 heterocycles. The molecular formula is C25H36N4O6. The molecule has 0 aliphatic heterocycles. The van der Waals surface area contributed by atoms with E-state index >= 15 is 0 Å². The average Bonchev–Trinajstić information content (AvgIpc) is 3.64. The van der Waals surface area contributed by atoms with Crippen molar-refractivity contribution in [1.29, 1.82) is 0 Å². The van der Waals surface area contributed by atoms with Gasteiger partial charge in [0.2, 0.25) is 17.6 Å². The summed E-state index contributed by atoms with van der Waals surface area (Å²) in [6.07, 6.45) is 2.14. The Hall–Kier alpha value is -3.43. The Morgan fingerprint density at radius 1 is 1.00 bits per heavy atom. The fraction of sp³-hybridized carbons (Fsp3) is 0.560. The summed E-state index contributed by atoms with van der Waals surface area (Å²) in [5.41, 5.74) is 0.808. The molecule has 2 rings (SSSR count). The zero-order chi connectivity index (χ0) is 25.8. The lowest BCUT2D eigenvalue weighted by molar-refractivity contribution is -0.140. The van der Waals surface area contributed by atoms with Gasteiger partial charge in [0.05, 0.1) is 6.04 Å². The van der Waals surface area contributed by atoms with Gasteiger partial charge in [-0.25, -0.2) is 4.79 Å². The molecule has 1 saturated carbocycles. The molecule has 1 aliphatic carbocycles. The van der Waals surface area contributed by atoms with Gasteiger partial charge in [0, 0.05) is 6.04 Å². The van der Waals surface area contributed by atoms with Gasteiger partial charge in [-0.2, -0.15) is 0 Å². The first-order valence-corrected chi connectivity index (χ1v) is 12.1. The number of nitrogens with one attached hydrogen (secondary N) is 4. The molecule has 0 unspecified atom stereocenters. The molecule has 10 nitrogen and oxygen atoms in total. The summed E-state index contributed by atoms with van der Waals surface area (Å²) in [6, 6.07) is 7.24. The zero-order valence-corrected chi connectivity index (χ0v) is 20.6. The average molecular weight is 489 g/mol. The molecule has 35 heavy (non-hydrogen) atoms. The minimum Gasteiger partial charge on any atom is -0.445 e. The van der Waals surface area contributed by atoms with Crippen LogP contribution in [0.5, 0.6) is 0 Å². The Kier molecular flexibility index (Phi) is 11.2. The number of hydrogen-bond acceptors (Lipinski definition) is 6. The van der Waals surface area contributed by atoms with E-state index in [9.17, 15) is 24.0 Å². The first kappa shape index (κ1) is 27.8. The molecule has 1 aliphatic rings. The van der Waals surface area contributed by atoms with Crippen molar-refractivity contribution < 1.29 is 28.7 Å². The first-order chi connectivity index (χ1) is 16.7. The molecule has 0 radical (unpaired) electrons. The molecule has 0 spiro atoms. The van der Waals surface area contributed by atoms with Crippen LogP contribution in [0.1, 0.15) is 58.4 Å². The van der Waals surface area contributed by atoms with Crippen LogP contribution in [-0.2, 0) is 30.5 Å². The molecule has 2 atom stereocenters. The number of ether oxygens (including phenoxy) is 1. The molecule has 0 saturated heterocycles. The maximum Gasteiger partial charge on any atom is 0.407 e. The van der Waals surface area contributed by atoms with Gasteiger partial charge >= 0.3 is 6.09 Å². The number of carbonyl (C=O) groups excluding carboxylic acids is 5. The normalized spacial score (nSPS) is 14.4. The lowest BCUT2D eigenvalue weighted by Crippen LogP contribution is -2.55. The van der Waals surface area contributed by atoms with E-state index < -0.39 is 41.7 Å². The lowest BCUT2D eigenvalue weighted by Gasteiger charge is -2.23. The van der Waals surface area contributed by atoms with E-state index in [-0.39, 0.29) is 25.1 Å². The maximum atomic E-state index is 12.9. The minimum absolute atomic E-state index is 0.0317. The van der Waals surface area contributed by atoms with Crippen LogP contribution in [0.4, 0.5) is 4.79 Å². The number of ketones is 1. The van der Waals surface area contributed by atoms with Crippen LogP contribution in [-0.4, -0.2) is 54.3 Å². The first-order valence-electron chi connectivity index (χ1n) is 12.1. The quantitative estimate of drug-likeness (QED) is 0.293. The van der Waals surface area contributed by atoms with Crippen LogP contribution >= 0.6 is 0 Å². The van der Waals surface area contributed by atoms with Gasteiger partial charge in [0.15, 0.2) is 0 Å². The second-order valence-electron chi connectivity index (χ2n) is 9.13. The van der Waals surface area contributed by atoms with E-state index in [1.807, 2.05) is 39.0 Å². The van der Waals surface area contributed by atoms with Gasteiger partial charge in [0.25, 0.3) is 5.91 Å². The fourth-order valence-electron chi connectivity index (χ4n) is 3.35. The number of carbonyl (C=O) groups is 5. The molecule has 4 N–H and O–H groups in total. The van der Waals surface area contributed by atoms with E-state index in [1.165, 1.54) is 0 Å². The summed E-state index contributed by atoms with van der Waals surface area (Å²) in [4.78, 5) is 62.0. The van der Waals surface area contributed by atoms with Gasteiger partial charge in [-0.15, -0.1) is 0 Å². The van der Waals surface area contributed by atoms with Crippen LogP contribution in [0.25, 0.3) is 0 Å². The third-order valence-electron chi connectivity index (χ3n) is 5.31. The van der Waals surface area contributed by atoms with E-state index in [4.69, 9.17) is 4.74 Å². The van der Waals surface area contributed by atoms with Crippen molar-refractivity contribution in [2.24, 2.45) is 5.92 Å². The molecule has 4 amide bonds. The van der Waals surface area contributed by atoms with Crippen molar-refractivity contribution in [1.82, 2.24) is 21.3 Å². The summed E-state index contributed by atoms with van der Waals surface area (Å²) in [5, 5.41) is 10.2. The highest BCUT2D eigenvalue weighted by Gasteiger charge is 2.32. The Morgan fingerprint density at radius 3 is 2.29 bits per heavy atom. The Balaban J connectivity index is 1.87. The summed E-state index contributed by atoms with van der Waals surface area (Å²) in [6.45, 7) is 5.32. The summed E-state index contributed by atoms with van der Waals surface area (Å²) in [7, 11) is 0. The van der Waals surface area contributed by atoms with Crippen molar-refractivity contribution >= 4 is 29.6 Å². The van der Waals surface area contributed by atoms with Crippen molar-refractivity contribution in [3.63, 3.8) is 0 Å². The van der Waals surface area contributed by atoms with Gasteiger partial charge < -0.3 is 26.0 Å². The van der Waals surface area contributed by atoms with E-state index in [1.54, 1.807) is 12.1 Å². The van der Waals surface area contributed by atoms with Gasteiger partial charge in [-0.1, -0.05) is 57.5 Å².